The third-order valence-corrected chi connectivity index (χ3v) is 5.54. The fourth-order valence-electron chi connectivity index (χ4n) is 3.39. The van der Waals surface area contributed by atoms with Crippen molar-refractivity contribution in [3.63, 3.8) is 0 Å². The summed E-state index contributed by atoms with van der Waals surface area (Å²) in [6.45, 7) is 12.8. The van der Waals surface area contributed by atoms with Gasteiger partial charge in [-0.15, -0.1) is 0 Å². The smallest absolute Gasteiger partial charge is 0.329 e. The second kappa shape index (κ2) is 11.9. The van der Waals surface area contributed by atoms with Gasteiger partial charge in [0.15, 0.2) is 0 Å². The SMILES string of the molecule is CCCC[C@@H](C)[C@H]1CC(=O)N[C@@H](C(C)C)C(=O)N[C@@H](C)C(=O)N[C@H](C(C)C)C(=O)O1. The number of hydrogen-bond donors (Lipinski definition) is 3. The Labute approximate surface area is 180 Å². The molecule has 0 saturated carbocycles. The van der Waals surface area contributed by atoms with E-state index in [1.165, 1.54) is 0 Å². The van der Waals surface area contributed by atoms with Gasteiger partial charge in [0.2, 0.25) is 17.7 Å². The molecule has 1 aliphatic rings. The van der Waals surface area contributed by atoms with E-state index in [2.05, 4.69) is 22.9 Å². The summed E-state index contributed by atoms with van der Waals surface area (Å²) in [5.41, 5.74) is 0. The number of rotatable bonds is 6. The van der Waals surface area contributed by atoms with Gasteiger partial charge in [0, 0.05) is 0 Å². The minimum absolute atomic E-state index is 0.0264. The highest BCUT2D eigenvalue weighted by atomic mass is 16.5. The molecule has 30 heavy (non-hydrogen) atoms. The van der Waals surface area contributed by atoms with Crippen LogP contribution in [0.2, 0.25) is 0 Å². The number of cyclic esters (lactones) is 1. The van der Waals surface area contributed by atoms with Crippen molar-refractivity contribution in [3.05, 3.63) is 0 Å². The Morgan fingerprint density at radius 1 is 0.900 bits per heavy atom. The van der Waals surface area contributed by atoms with Crippen molar-refractivity contribution in [2.45, 2.75) is 98.4 Å². The summed E-state index contributed by atoms with van der Waals surface area (Å²) in [5, 5.41) is 8.09. The molecular weight excluding hydrogens is 386 g/mol. The van der Waals surface area contributed by atoms with Crippen LogP contribution in [-0.4, -0.2) is 47.9 Å². The summed E-state index contributed by atoms with van der Waals surface area (Å²) in [5.74, 6) is -2.21. The lowest BCUT2D eigenvalue weighted by atomic mass is 9.94. The summed E-state index contributed by atoms with van der Waals surface area (Å²) >= 11 is 0. The fraction of sp³-hybridized carbons (Fsp3) is 0.818. The van der Waals surface area contributed by atoms with Crippen molar-refractivity contribution >= 4 is 23.7 Å². The molecule has 0 aromatic rings. The summed E-state index contributed by atoms with van der Waals surface area (Å²) in [7, 11) is 0. The second-order valence-corrected chi connectivity index (χ2v) is 9.05. The summed E-state index contributed by atoms with van der Waals surface area (Å²) in [6.07, 6.45) is 2.11. The highest BCUT2D eigenvalue weighted by Crippen LogP contribution is 2.20. The average molecular weight is 426 g/mol. The molecule has 1 rings (SSSR count). The number of unbranched alkanes of at least 4 members (excludes halogenated alkanes) is 1. The molecule has 0 bridgehead atoms. The molecule has 1 saturated heterocycles. The Balaban J connectivity index is 3.24. The van der Waals surface area contributed by atoms with E-state index in [1.54, 1.807) is 6.92 Å². The van der Waals surface area contributed by atoms with Crippen LogP contribution in [0.4, 0.5) is 0 Å². The van der Waals surface area contributed by atoms with Crippen LogP contribution in [0.5, 0.6) is 0 Å². The summed E-state index contributed by atoms with van der Waals surface area (Å²) in [6, 6.07) is -2.50. The van der Waals surface area contributed by atoms with E-state index in [-0.39, 0.29) is 30.1 Å². The first-order valence-electron chi connectivity index (χ1n) is 11.1. The Kier molecular flexibility index (Phi) is 10.3. The average Bonchev–Trinajstić information content (AvgIpc) is 2.66. The van der Waals surface area contributed by atoms with Crippen molar-refractivity contribution in [2.24, 2.45) is 17.8 Å². The molecule has 0 spiro atoms. The monoisotopic (exact) mass is 425 g/mol. The zero-order chi connectivity index (χ0) is 23.0. The third kappa shape index (κ3) is 7.61. The van der Waals surface area contributed by atoms with Crippen molar-refractivity contribution in [3.8, 4) is 0 Å². The molecule has 8 nitrogen and oxygen atoms in total. The molecule has 1 fully saturated rings. The van der Waals surface area contributed by atoms with Crippen LogP contribution in [0.15, 0.2) is 0 Å². The van der Waals surface area contributed by atoms with Crippen LogP contribution in [0.3, 0.4) is 0 Å². The molecular formula is C22H39N3O5. The Morgan fingerprint density at radius 2 is 1.50 bits per heavy atom. The minimum atomic E-state index is -0.859. The highest BCUT2D eigenvalue weighted by molar-refractivity contribution is 5.94. The van der Waals surface area contributed by atoms with Crippen LogP contribution in [0.25, 0.3) is 0 Å². The third-order valence-electron chi connectivity index (χ3n) is 5.54. The first-order valence-corrected chi connectivity index (χ1v) is 11.1. The largest absolute Gasteiger partial charge is 0.460 e. The van der Waals surface area contributed by atoms with E-state index in [9.17, 15) is 19.2 Å². The van der Waals surface area contributed by atoms with Gasteiger partial charge in [-0.2, -0.15) is 0 Å². The molecule has 0 aromatic carbocycles. The van der Waals surface area contributed by atoms with Crippen LogP contribution < -0.4 is 16.0 Å². The Morgan fingerprint density at radius 3 is 2.03 bits per heavy atom. The van der Waals surface area contributed by atoms with Gasteiger partial charge in [0.25, 0.3) is 0 Å². The van der Waals surface area contributed by atoms with Gasteiger partial charge in [-0.3, -0.25) is 14.4 Å². The molecule has 0 aliphatic carbocycles. The predicted octanol–water partition coefficient (Wildman–Crippen LogP) is 1.91. The van der Waals surface area contributed by atoms with Crippen LogP contribution >= 0.6 is 0 Å². The lowest BCUT2D eigenvalue weighted by Crippen LogP contribution is -2.56. The number of carbonyl (C=O) groups excluding carboxylic acids is 4. The molecule has 172 valence electrons. The molecule has 0 unspecified atom stereocenters. The Hall–Kier alpha value is -2.12. The first-order chi connectivity index (χ1) is 14.0. The predicted molar refractivity (Wildman–Crippen MR) is 114 cm³/mol. The molecule has 3 N–H and O–H groups in total. The number of nitrogens with one attached hydrogen (secondary N) is 3. The van der Waals surface area contributed by atoms with Gasteiger partial charge in [0.1, 0.15) is 24.2 Å². The number of ether oxygens (including phenoxy) is 1. The first kappa shape index (κ1) is 25.9. The van der Waals surface area contributed by atoms with Gasteiger partial charge in [-0.1, -0.05) is 54.4 Å². The van der Waals surface area contributed by atoms with E-state index < -0.39 is 42.0 Å². The van der Waals surface area contributed by atoms with Crippen molar-refractivity contribution in [1.29, 1.82) is 0 Å². The van der Waals surface area contributed by atoms with Crippen molar-refractivity contribution < 1.29 is 23.9 Å². The van der Waals surface area contributed by atoms with Crippen LogP contribution in [0, 0.1) is 17.8 Å². The fourth-order valence-corrected chi connectivity index (χ4v) is 3.39. The molecule has 8 heteroatoms. The van der Waals surface area contributed by atoms with E-state index in [4.69, 9.17) is 4.74 Å². The number of hydrogen-bond acceptors (Lipinski definition) is 5. The number of amides is 3. The maximum atomic E-state index is 12.9. The van der Waals surface area contributed by atoms with Gasteiger partial charge in [-0.05, 0) is 31.1 Å². The van der Waals surface area contributed by atoms with E-state index in [1.807, 2.05) is 34.6 Å². The standard InChI is InChI=1S/C22H39N3O5/c1-8-9-10-14(6)16-11-17(26)24-18(12(2)3)21(28)23-15(7)20(27)25-19(13(4)5)22(29)30-16/h12-16,18-19H,8-11H2,1-7H3,(H,23,28)(H,24,26)(H,25,27)/t14-,15+,16-,18+,19-/m1/s1. The molecule has 1 heterocycles. The quantitative estimate of drug-likeness (QED) is 0.563. The van der Waals surface area contributed by atoms with Crippen molar-refractivity contribution in [1.82, 2.24) is 16.0 Å². The van der Waals surface area contributed by atoms with Crippen molar-refractivity contribution in [2.75, 3.05) is 0 Å². The number of carbonyl (C=O) groups is 4. The minimum Gasteiger partial charge on any atom is -0.460 e. The maximum absolute atomic E-state index is 12.9. The molecule has 0 aromatic heterocycles. The number of esters is 1. The maximum Gasteiger partial charge on any atom is 0.329 e. The summed E-state index contributed by atoms with van der Waals surface area (Å²) < 4.78 is 5.75. The van der Waals surface area contributed by atoms with Crippen LogP contribution in [0.1, 0.15) is 74.1 Å². The topological polar surface area (TPSA) is 114 Å². The molecule has 3 amide bonds. The van der Waals surface area contributed by atoms with Gasteiger partial charge in [-0.25, -0.2) is 4.79 Å². The second-order valence-electron chi connectivity index (χ2n) is 9.05. The molecule has 5 atom stereocenters. The van der Waals surface area contributed by atoms with Gasteiger partial charge in [0.05, 0.1) is 6.42 Å². The lowest BCUT2D eigenvalue weighted by molar-refractivity contribution is -0.158. The van der Waals surface area contributed by atoms with Crippen LogP contribution in [-0.2, 0) is 23.9 Å². The van der Waals surface area contributed by atoms with Gasteiger partial charge < -0.3 is 20.7 Å². The summed E-state index contributed by atoms with van der Waals surface area (Å²) in [4.78, 5) is 50.9. The van der Waals surface area contributed by atoms with Gasteiger partial charge >= 0.3 is 5.97 Å². The van der Waals surface area contributed by atoms with E-state index >= 15 is 0 Å². The molecule has 0 radical (unpaired) electrons. The zero-order valence-electron chi connectivity index (χ0n) is 19.4. The lowest BCUT2D eigenvalue weighted by Gasteiger charge is -2.28. The highest BCUT2D eigenvalue weighted by Gasteiger charge is 2.35. The van der Waals surface area contributed by atoms with E-state index in [0.717, 1.165) is 19.3 Å². The zero-order valence-corrected chi connectivity index (χ0v) is 19.4. The van der Waals surface area contributed by atoms with E-state index in [0.29, 0.717) is 0 Å². The molecule has 1 aliphatic heterocycles. The normalized spacial score (nSPS) is 27.9. The Bertz CT molecular complexity index is 620.